The van der Waals surface area contributed by atoms with Crippen LogP contribution in [-0.4, -0.2) is 17.4 Å². The highest BCUT2D eigenvalue weighted by Crippen LogP contribution is 2.25. The molecule has 0 aliphatic rings. The third kappa shape index (κ3) is 3.42. The highest BCUT2D eigenvalue weighted by Gasteiger charge is 2.08. The van der Waals surface area contributed by atoms with Crippen LogP contribution in [0, 0.1) is 0 Å². The number of para-hydroxylation sites is 1. The molecule has 4 nitrogen and oxygen atoms in total. The van der Waals surface area contributed by atoms with Gasteiger partial charge in [0.15, 0.2) is 0 Å². The summed E-state index contributed by atoms with van der Waals surface area (Å²) in [6, 6.07) is 13.6. The second-order valence-corrected chi connectivity index (χ2v) is 3.97. The number of carbonyl (C=O) groups excluding carboxylic acids is 1. The predicted molar refractivity (Wildman–Crippen MR) is 69.7 cm³/mol. The van der Waals surface area contributed by atoms with E-state index in [0.717, 1.165) is 6.29 Å². The fourth-order valence-electron chi connectivity index (χ4n) is 1.65. The van der Waals surface area contributed by atoms with Crippen LogP contribution in [0.5, 0.6) is 11.5 Å². The molecule has 0 saturated heterocycles. The molecule has 0 aliphatic carbocycles. The van der Waals surface area contributed by atoms with Crippen LogP contribution in [0.25, 0.3) is 0 Å². The number of aliphatic carboxylic acids is 1. The highest BCUT2D eigenvalue weighted by molar-refractivity contribution is 5.75. The van der Waals surface area contributed by atoms with Crippen molar-refractivity contribution in [2.45, 2.75) is 6.42 Å². The molecule has 0 atom stereocenters. The van der Waals surface area contributed by atoms with E-state index in [1.807, 2.05) is 0 Å². The Morgan fingerprint density at radius 3 is 2.42 bits per heavy atom. The second-order valence-electron chi connectivity index (χ2n) is 3.97. The SMILES string of the molecule is O=Cc1ccc(Oc2ccccc2CC(=O)O)cc1. The van der Waals surface area contributed by atoms with Crippen molar-refractivity contribution in [1.29, 1.82) is 0 Å². The van der Waals surface area contributed by atoms with Gasteiger partial charge < -0.3 is 9.84 Å². The smallest absolute Gasteiger partial charge is 0.307 e. The first-order valence-corrected chi connectivity index (χ1v) is 5.72. The molecule has 19 heavy (non-hydrogen) atoms. The van der Waals surface area contributed by atoms with Crippen LogP contribution in [0.3, 0.4) is 0 Å². The highest BCUT2D eigenvalue weighted by atomic mass is 16.5. The Balaban J connectivity index is 2.22. The lowest BCUT2D eigenvalue weighted by molar-refractivity contribution is -0.136. The summed E-state index contributed by atoms with van der Waals surface area (Å²) in [4.78, 5) is 21.3. The second kappa shape index (κ2) is 5.82. The minimum Gasteiger partial charge on any atom is -0.481 e. The van der Waals surface area contributed by atoms with Gasteiger partial charge in [0.1, 0.15) is 17.8 Å². The van der Waals surface area contributed by atoms with Gasteiger partial charge in [0.2, 0.25) is 0 Å². The van der Waals surface area contributed by atoms with Crippen molar-refractivity contribution in [3.05, 3.63) is 59.7 Å². The van der Waals surface area contributed by atoms with Crippen molar-refractivity contribution in [1.82, 2.24) is 0 Å². The van der Waals surface area contributed by atoms with Gasteiger partial charge in [0.25, 0.3) is 0 Å². The standard InChI is InChI=1S/C15H12O4/c16-10-11-5-7-13(8-6-11)19-14-4-2-1-3-12(14)9-15(17)18/h1-8,10H,9H2,(H,17,18). The Hall–Kier alpha value is -2.62. The van der Waals surface area contributed by atoms with Crippen LogP contribution in [-0.2, 0) is 11.2 Å². The molecular weight excluding hydrogens is 244 g/mol. The van der Waals surface area contributed by atoms with Crippen molar-refractivity contribution in [3.8, 4) is 11.5 Å². The number of carboxylic acid groups (broad SMARTS) is 1. The lowest BCUT2D eigenvalue weighted by Crippen LogP contribution is -2.01. The van der Waals surface area contributed by atoms with E-state index in [9.17, 15) is 9.59 Å². The van der Waals surface area contributed by atoms with E-state index in [1.165, 1.54) is 0 Å². The summed E-state index contributed by atoms with van der Waals surface area (Å²) in [5.41, 5.74) is 1.17. The Labute approximate surface area is 110 Å². The average molecular weight is 256 g/mol. The molecule has 0 unspecified atom stereocenters. The van der Waals surface area contributed by atoms with Crippen LogP contribution >= 0.6 is 0 Å². The summed E-state index contributed by atoms with van der Waals surface area (Å²) in [6.07, 6.45) is 0.657. The summed E-state index contributed by atoms with van der Waals surface area (Å²) in [7, 11) is 0. The third-order valence-corrected chi connectivity index (χ3v) is 2.56. The Bertz CT molecular complexity index is 587. The van der Waals surface area contributed by atoms with Gasteiger partial charge in [-0.05, 0) is 30.3 Å². The summed E-state index contributed by atoms with van der Waals surface area (Å²) < 4.78 is 5.63. The van der Waals surface area contributed by atoms with E-state index in [2.05, 4.69) is 0 Å². The number of carboxylic acids is 1. The first-order valence-electron chi connectivity index (χ1n) is 5.72. The molecular formula is C15H12O4. The monoisotopic (exact) mass is 256 g/mol. The van der Waals surface area contributed by atoms with E-state index in [1.54, 1.807) is 48.5 Å². The van der Waals surface area contributed by atoms with Gasteiger partial charge in [0.05, 0.1) is 6.42 Å². The van der Waals surface area contributed by atoms with Gasteiger partial charge in [-0.1, -0.05) is 18.2 Å². The van der Waals surface area contributed by atoms with Gasteiger partial charge in [0, 0.05) is 11.1 Å². The zero-order chi connectivity index (χ0) is 13.7. The fraction of sp³-hybridized carbons (Fsp3) is 0.0667. The number of rotatable bonds is 5. The first kappa shape index (κ1) is 12.8. The lowest BCUT2D eigenvalue weighted by atomic mass is 10.1. The third-order valence-electron chi connectivity index (χ3n) is 2.56. The lowest BCUT2D eigenvalue weighted by Gasteiger charge is -2.09. The van der Waals surface area contributed by atoms with Crippen LogP contribution in [0.4, 0.5) is 0 Å². The van der Waals surface area contributed by atoms with Gasteiger partial charge >= 0.3 is 5.97 Å². The maximum atomic E-state index is 10.8. The van der Waals surface area contributed by atoms with E-state index < -0.39 is 5.97 Å². The fourth-order valence-corrected chi connectivity index (χ4v) is 1.65. The Kier molecular flexibility index (Phi) is 3.93. The predicted octanol–water partition coefficient (Wildman–Crippen LogP) is 2.92. The van der Waals surface area contributed by atoms with Gasteiger partial charge in [-0.25, -0.2) is 0 Å². The van der Waals surface area contributed by atoms with Crippen LogP contribution in [0.2, 0.25) is 0 Å². The maximum Gasteiger partial charge on any atom is 0.307 e. The van der Waals surface area contributed by atoms with Gasteiger partial charge in [-0.2, -0.15) is 0 Å². The molecule has 2 aromatic carbocycles. The largest absolute Gasteiger partial charge is 0.481 e. The van der Waals surface area contributed by atoms with Crippen molar-refractivity contribution in [2.24, 2.45) is 0 Å². The maximum absolute atomic E-state index is 10.8. The first-order chi connectivity index (χ1) is 9.19. The number of carbonyl (C=O) groups is 2. The van der Waals surface area contributed by atoms with E-state index in [-0.39, 0.29) is 6.42 Å². The van der Waals surface area contributed by atoms with Crippen molar-refractivity contribution < 1.29 is 19.4 Å². The molecule has 0 bridgehead atoms. The van der Waals surface area contributed by atoms with Crippen molar-refractivity contribution in [3.63, 3.8) is 0 Å². The van der Waals surface area contributed by atoms with Crippen LogP contribution < -0.4 is 4.74 Å². The summed E-state index contributed by atoms with van der Waals surface area (Å²) in [5, 5.41) is 8.83. The average Bonchev–Trinajstić information content (AvgIpc) is 2.41. The molecule has 1 N–H and O–H groups in total. The molecule has 0 aliphatic heterocycles. The van der Waals surface area contributed by atoms with Gasteiger partial charge in [-0.3, -0.25) is 9.59 Å². The number of hydrogen-bond donors (Lipinski definition) is 1. The summed E-state index contributed by atoms with van der Waals surface area (Å²) in [5.74, 6) is 0.152. The number of aldehydes is 1. The Morgan fingerprint density at radius 1 is 1.11 bits per heavy atom. The summed E-state index contributed by atoms with van der Waals surface area (Å²) in [6.45, 7) is 0. The number of benzene rings is 2. The molecule has 4 heteroatoms. The molecule has 0 radical (unpaired) electrons. The molecule has 0 fully saturated rings. The van der Waals surface area contributed by atoms with Crippen LogP contribution in [0.15, 0.2) is 48.5 Å². The zero-order valence-electron chi connectivity index (χ0n) is 10.1. The molecule has 2 rings (SSSR count). The molecule has 0 heterocycles. The molecule has 2 aromatic rings. The van der Waals surface area contributed by atoms with Gasteiger partial charge in [-0.15, -0.1) is 0 Å². The zero-order valence-corrected chi connectivity index (χ0v) is 10.1. The van der Waals surface area contributed by atoms with E-state index in [4.69, 9.17) is 9.84 Å². The minimum absolute atomic E-state index is 0.0946. The van der Waals surface area contributed by atoms with Crippen LogP contribution in [0.1, 0.15) is 15.9 Å². The van der Waals surface area contributed by atoms with Crippen molar-refractivity contribution in [2.75, 3.05) is 0 Å². The molecule has 0 spiro atoms. The normalized spacial score (nSPS) is 9.89. The van der Waals surface area contributed by atoms with E-state index >= 15 is 0 Å². The minimum atomic E-state index is -0.910. The topological polar surface area (TPSA) is 63.6 Å². The number of ether oxygens (including phenoxy) is 1. The van der Waals surface area contributed by atoms with E-state index in [0.29, 0.717) is 22.6 Å². The molecule has 96 valence electrons. The molecule has 0 saturated carbocycles. The summed E-state index contributed by atoms with van der Waals surface area (Å²) >= 11 is 0. The quantitative estimate of drug-likeness (QED) is 0.835. The molecule has 0 amide bonds. The number of hydrogen-bond acceptors (Lipinski definition) is 3. The molecule has 0 aromatic heterocycles. The van der Waals surface area contributed by atoms with Crippen molar-refractivity contribution >= 4 is 12.3 Å². The Morgan fingerprint density at radius 2 is 1.79 bits per heavy atom.